The first kappa shape index (κ1) is 17.4. The van der Waals surface area contributed by atoms with Crippen molar-refractivity contribution in [1.82, 2.24) is 14.9 Å². The summed E-state index contributed by atoms with van der Waals surface area (Å²) in [4.78, 5) is 27.3. The lowest BCUT2D eigenvalue weighted by molar-refractivity contribution is -0.116. The number of fused-ring (bicyclic) bond motifs is 1. The highest BCUT2D eigenvalue weighted by Gasteiger charge is 2.07. The average molecular weight is 349 g/mol. The number of carbonyl (C=O) groups excluding carboxylic acids is 1. The van der Waals surface area contributed by atoms with Crippen molar-refractivity contribution in [1.29, 1.82) is 0 Å². The number of aryl methyl sites for hydroxylation is 1. The predicted molar refractivity (Wildman–Crippen MR) is 99.9 cm³/mol. The van der Waals surface area contributed by atoms with Gasteiger partial charge in [-0.05, 0) is 35.9 Å². The molecule has 0 spiro atoms. The normalized spacial score (nSPS) is 11.1. The fourth-order valence-electron chi connectivity index (χ4n) is 2.68. The van der Waals surface area contributed by atoms with Crippen LogP contribution in [0.4, 0.5) is 0 Å². The fraction of sp³-hybridized carbons (Fsp3) is 0.150. The van der Waals surface area contributed by atoms with Gasteiger partial charge in [0.15, 0.2) is 0 Å². The van der Waals surface area contributed by atoms with Crippen molar-refractivity contribution in [2.75, 3.05) is 6.54 Å². The molecule has 0 atom stereocenters. The number of aromatic nitrogens is 2. The molecule has 0 bridgehead atoms. The number of carboxylic acids is 1. The van der Waals surface area contributed by atoms with Crippen molar-refractivity contribution >= 4 is 29.0 Å². The lowest BCUT2D eigenvalue weighted by atomic mass is 10.1. The molecule has 0 radical (unpaired) electrons. The number of para-hydroxylation sites is 2. The number of imidazole rings is 1. The number of nitrogens with one attached hydrogen (secondary N) is 1. The quantitative estimate of drug-likeness (QED) is 0.670. The van der Waals surface area contributed by atoms with Crippen LogP contribution in [0.15, 0.2) is 54.6 Å². The molecule has 0 unspecified atom stereocenters. The Kier molecular flexibility index (Phi) is 5.12. The van der Waals surface area contributed by atoms with Crippen LogP contribution in [-0.2, 0) is 18.3 Å². The van der Waals surface area contributed by atoms with E-state index in [1.165, 1.54) is 18.2 Å². The molecule has 26 heavy (non-hydrogen) atoms. The summed E-state index contributed by atoms with van der Waals surface area (Å²) in [6, 6.07) is 14.2. The largest absolute Gasteiger partial charge is 0.478 e. The van der Waals surface area contributed by atoms with Crippen LogP contribution in [0.3, 0.4) is 0 Å². The van der Waals surface area contributed by atoms with Gasteiger partial charge >= 0.3 is 5.97 Å². The first-order chi connectivity index (χ1) is 12.5. The first-order valence-electron chi connectivity index (χ1n) is 8.24. The molecule has 132 valence electrons. The number of carboxylic acid groups (broad SMARTS) is 1. The topological polar surface area (TPSA) is 84.2 Å². The molecule has 3 aromatic rings. The molecule has 6 heteroatoms. The van der Waals surface area contributed by atoms with Crippen LogP contribution in [0, 0.1) is 0 Å². The van der Waals surface area contributed by atoms with Gasteiger partial charge in [-0.15, -0.1) is 0 Å². The molecule has 2 N–H and O–H groups in total. The van der Waals surface area contributed by atoms with Gasteiger partial charge in [0.1, 0.15) is 5.82 Å². The molecule has 3 rings (SSSR count). The van der Waals surface area contributed by atoms with Crippen LogP contribution in [0.1, 0.15) is 21.7 Å². The number of hydrogen-bond donors (Lipinski definition) is 2. The van der Waals surface area contributed by atoms with Gasteiger partial charge in [-0.2, -0.15) is 0 Å². The highest BCUT2D eigenvalue weighted by atomic mass is 16.4. The molecule has 0 aliphatic heterocycles. The predicted octanol–water partition coefficient (Wildman–Crippen LogP) is 2.64. The van der Waals surface area contributed by atoms with E-state index in [1.54, 1.807) is 18.2 Å². The van der Waals surface area contributed by atoms with E-state index in [9.17, 15) is 9.59 Å². The van der Waals surface area contributed by atoms with Gasteiger partial charge in [0.25, 0.3) is 0 Å². The molecular weight excluding hydrogens is 330 g/mol. The lowest BCUT2D eigenvalue weighted by Gasteiger charge is -2.03. The summed E-state index contributed by atoms with van der Waals surface area (Å²) in [5, 5.41) is 11.7. The van der Waals surface area contributed by atoms with E-state index in [2.05, 4.69) is 10.3 Å². The van der Waals surface area contributed by atoms with Gasteiger partial charge in [-0.1, -0.05) is 24.3 Å². The first-order valence-corrected chi connectivity index (χ1v) is 8.24. The van der Waals surface area contributed by atoms with E-state index >= 15 is 0 Å². The third kappa shape index (κ3) is 3.97. The zero-order chi connectivity index (χ0) is 18.5. The van der Waals surface area contributed by atoms with Gasteiger partial charge in [0.05, 0.1) is 16.6 Å². The summed E-state index contributed by atoms with van der Waals surface area (Å²) < 4.78 is 2.03. The van der Waals surface area contributed by atoms with Crippen LogP contribution in [0.5, 0.6) is 0 Å². The van der Waals surface area contributed by atoms with Gasteiger partial charge in [-0.3, -0.25) is 4.79 Å². The Morgan fingerprint density at radius 3 is 2.58 bits per heavy atom. The van der Waals surface area contributed by atoms with Gasteiger partial charge < -0.3 is 15.0 Å². The number of hydrogen-bond acceptors (Lipinski definition) is 3. The van der Waals surface area contributed by atoms with Crippen molar-refractivity contribution < 1.29 is 14.7 Å². The number of benzene rings is 2. The monoisotopic (exact) mass is 349 g/mol. The zero-order valence-electron chi connectivity index (χ0n) is 14.3. The van der Waals surface area contributed by atoms with Crippen molar-refractivity contribution in [2.45, 2.75) is 6.42 Å². The molecule has 2 aromatic carbocycles. The summed E-state index contributed by atoms with van der Waals surface area (Å²) in [5.74, 6) is -0.258. The molecule has 0 aliphatic carbocycles. The summed E-state index contributed by atoms with van der Waals surface area (Å²) in [5.41, 5.74) is 2.99. The van der Waals surface area contributed by atoms with E-state index in [0.717, 1.165) is 22.4 Å². The van der Waals surface area contributed by atoms with Crippen molar-refractivity contribution in [2.24, 2.45) is 7.05 Å². The molecule has 0 saturated carbocycles. The lowest BCUT2D eigenvalue weighted by Crippen LogP contribution is -2.24. The standard InChI is InChI=1S/C20H19N3O3/c1-23-17-5-3-2-4-16(17)22-18(23)12-13-21-19(24)11-8-14-6-9-15(10-7-14)20(25)26/h2-11H,12-13H2,1H3,(H,21,24)(H,25,26)/b11-8+. The van der Waals surface area contributed by atoms with E-state index in [4.69, 9.17) is 5.11 Å². The summed E-state index contributed by atoms with van der Waals surface area (Å²) in [6.45, 7) is 0.484. The average Bonchev–Trinajstić information content (AvgIpc) is 2.96. The Morgan fingerprint density at radius 2 is 1.88 bits per heavy atom. The minimum absolute atomic E-state index is 0.203. The molecule has 0 fully saturated rings. The molecule has 1 aromatic heterocycles. The van der Waals surface area contributed by atoms with Gasteiger partial charge in [0, 0.05) is 26.1 Å². The Balaban J connectivity index is 1.53. The number of carbonyl (C=O) groups is 2. The van der Waals surface area contributed by atoms with Crippen molar-refractivity contribution in [3.63, 3.8) is 0 Å². The molecule has 1 heterocycles. The third-order valence-electron chi connectivity index (χ3n) is 4.11. The number of aromatic carboxylic acids is 1. The van der Waals surface area contributed by atoms with E-state index in [-0.39, 0.29) is 11.5 Å². The third-order valence-corrected chi connectivity index (χ3v) is 4.11. The van der Waals surface area contributed by atoms with E-state index < -0.39 is 5.97 Å². The zero-order valence-corrected chi connectivity index (χ0v) is 14.3. The second-order valence-corrected chi connectivity index (χ2v) is 5.88. The number of nitrogens with zero attached hydrogens (tertiary/aromatic N) is 2. The SMILES string of the molecule is Cn1c(CCNC(=O)/C=C/c2ccc(C(=O)O)cc2)nc2ccccc21. The molecule has 0 saturated heterocycles. The molecule has 6 nitrogen and oxygen atoms in total. The van der Waals surface area contributed by atoms with Crippen molar-refractivity contribution in [3.8, 4) is 0 Å². The van der Waals surface area contributed by atoms with Crippen LogP contribution in [0.25, 0.3) is 17.1 Å². The number of rotatable bonds is 6. The molecular formula is C20H19N3O3. The maximum atomic E-state index is 11.9. The van der Waals surface area contributed by atoms with Crippen molar-refractivity contribution in [3.05, 3.63) is 71.6 Å². The summed E-state index contributed by atoms with van der Waals surface area (Å²) in [6.07, 6.45) is 3.72. The molecule has 1 amide bonds. The van der Waals surface area contributed by atoms with Crippen LogP contribution in [0.2, 0.25) is 0 Å². The van der Waals surface area contributed by atoms with E-state index in [1.807, 2.05) is 35.9 Å². The van der Waals surface area contributed by atoms with Crippen LogP contribution < -0.4 is 5.32 Å². The smallest absolute Gasteiger partial charge is 0.335 e. The maximum Gasteiger partial charge on any atom is 0.335 e. The highest BCUT2D eigenvalue weighted by Crippen LogP contribution is 2.14. The number of amides is 1. The highest BCUT2D eigenvalue weighted by molar-refractivity contribution is 5.92. The second-order valence-electron chi connectivity index (χ2n) is 5.88. The van der Waals surface area contributed by atoms with Gasteiger partial charge in [-0.25, -0.2) is 9.78 Å². The second kappa shape index (κ2) is 7.65. The maximum absolute atomic E-state index is 11.9. The Labute approximate surface area is 150 Å². The van der Waals surface area contributed by atoms with Gasteiger partial charge in [0.2, 0.25) is 5.91 Å². The minimum Gasteiger partial charge on any atom is -0.478 e. The Bertz CT molecular complexity index is 972. The summed E-state index contributed by atoms with van der Waals surface area (Å²) >= 11 is 0. The van der Waals surface area contributed by atoms with Crippen LogP contribution in [-0.4, -0.2) is 33.1 Å². The van der Waals surface area contributed by atoms with Crippen LogP contribution >= 0.6 is 0 Å². The Hall–Kier alpha value is -3.41. The minimum atomic E-state index is -0.972. The molecule has 0 aliphatic rings. The van der Waals surface area contributed by atoms with E-state index in [0.29, 0.717) is 13.0 Å². The fourth-order valence-corrected chi connectivity index (χ4v) is 2.68. The summed E-state index contributed by atoms with van der Waals surface area (Å²) in [7, 11) is 1.97. The Morgan fingerprint density at radius 1 is 1.15 bits per heavy atom.